The van der Waals surface area contributed by atoms with Crippen molar-refractivity contribution in [2.24, 2.45) is 0 Å². The highest BCUT2D eigenvalue weighted by molar-refractivity contribution is 5.41. The lowest BCUT2D eigenvalue weighted by molar-refractivity contribution is 0.825. The van der Waals surface area contributed by atoms with Crippen molar-refractivity contribution in [1.82, 2.24) is 19.6 Å². The Bertz CT molecular complexity index is 760. The highest BCUT2D eigenvalue weighted by Gasteiger charge is 2.09. The van der Waals surface area contributed by atoms with E-state index in [1.807, 2.05) is 35.6 Å². The Balaban J connectivity index is 1.88. The number of fused-ring (bicyclic) bond motifs is 1. The van der Waals surface area contributed by atoms with Crippen LogP contribution in [0.2, 0.25) is 0 Å². The molecule has 0 saturated heterocycles. The minimum atomic E-state index is 0.671. The van der Waals surface area contributed by atoms with E-state index in [0.717, 1.165) is 35.7 Å². The maximum absolute atomic E-state index is 5.80. The smallest absolute Gasteiger partial charge is 0.255 e. The lowest BCUT2D eigenvalue weighted by Crippen LogP contribution is -2.03. The third-order valence-corrected chi connectivity index (χ3v) is 3.35. The summed E-state index contributed by atoms with van der Waals surface area (Å²) in [5.74, 6) is 1.61. The second-order valence-electron chi connectivity index (χ2n) is 5.04. The Kier molecular flexibility index (Phi) is 3.10. The number of nitrogens with two attached hydrogens (primary N) is 1. The van der Waals surface area contributed by atoms with Gasteiger partial charge in [0.05, 0.1) is 0 Å². The number of benzene rings is 1. The number of hydrogen-bond acceptors (Lipinski definition) is 4. The third-order valence-electron chi connectivity index (χ3n) is 3.35. The third kappa shape index (κ3) is 2.34. The zero-order chi connectivity index (χ0) is 14.1. The number of hydrogen-bond donors (Lipinski definition) is 1. The summed E-state index contributed by atoms with van der Waals surface area (Å²) in [6, 6.07) is 9.99. The van der Waals surface area contributed by atoms with Gasteiger partial charge in [-0.3, -0.25) is 4.40 Å². The van der Waals surface area contributed by atoms with Crippen LogP contribution in [0.4, 0.5) is 5.69 Å². The minimum Gasteiger partial charge on any atom is -0.399 e. The van der Waals surface area contributed by atoms with Crippen molar-refractivity contribution in [2.45, 2.75) is 26.7 Å². The first-order valence-corrected chi connectivity index (χ1v) is 6.66. The van der Waals surface area contributed by atoms with Gasteiger partial charge in [-0.25, -0.2) is 4.98 Å². The van der Waals surface area contributed by atoms with Gasteiger partial charge in [-0.05, 0) is 44.0 Å². The fourth-order valence-electron chi connectivity index (χ4n) is 2.46. The average molecular weight is 267 g/mol. The second kappa shape index (κ2) is 4.92. The highest BCUT2D eigenvalue weighted by Crippen LogP contribution is 2.12. The summed E-state index contributed by atoms with van der Waals surface area (Å²) >= 11 is 0. The molecule has 0 spiro atoms. The minimum absolute atomic E-state index is 0.671. The zero-order valence-electron chi connectivity index (χ0n) is 11.7. The normalized spacial score (nSPS) is 11.1. The number of aromatic nitrogens is 4. The van der Waals surface area contributed by atoms with Crippen LogP contribution in [0, 0.1) is 13.8 Å². The molecule has 2 N–H and O–H groups in total. The fourth-order valence-corrected chi connectivity index (χ4v) is 2.46. The Labute approximate surface area is 117 Å². The number of nitrogens with zero attached hydrogens (tertiary/aromatic N) is 4. The molecule has 3 rings (SSSR count). The first-order chi connectivity index (χ1) is 9.63. The molecule has 0 bridgehead atoms. The lowest BCUT2D eigenvalue weighted by Gasteiger charge is -2.05. The van der Waals surface area contributed by atoms with Gasteiger partial charge in [0.15, 0.2) is 0 Å². The molecular weight excluding hydrogens is 250 g/mol. The molecule has 20 heavy (non-hydrogen) atoms. The highest BCUT2D eigenvalue weighted by atomic mass is 15.3. The van der Waals surface area contributed by atoms with E-state index in [-0.39, 0.29) is 0 Å². The van der Waals surface area contributed by atoms with Gasteiger partial charge in [0.2, 0.25) is 0 Å². The molecule has 1 aromatic carbocycles. The van der Waals surface area contributed by atoms with Crippen LogP contribution < -0.4 is 5.73 Å². The van der Waals surface area contributed by atoms with E-state index >= 15 is 0 Å². The predicted octanol–water partition coefficient (Wildman–Crippen LogP) is 2.11. The summed E-state index contributed by atoms with van der Waals surface area (Å²) in [6.45, 7) is 4.02. The van der Waals surface area contributed by atoms with E-state index in [9.17, 15) is 0 Å². The van der Waals surface area contributed by atoms with Gasteiger partial charge in [-0.1, -0.05) is 12.1 Å². The van der Waals surface area contributed by atoms with Gasteiger partial charge in [-0.2, -0.15) is 0 Å². The van der Waals surface area contributed by atoms with Crippen LogP contribution in [-0.4, -0.2) is 19.6 Å². The summed E-state index contributed by atoms with van der Waals surface area (Å²) < 4.78 is 2.01. The van der Waals surface area contributed by atoms with Crippen molar-refractivity contribution < 1.29 is 0 Å². The average Bonchev–Trinajstić information content (AvgIpc) is 2.79. The van der Waals surface area contributed by atoms with Gasteiger partial charge in [0.1, 0.15) is 5.82 Å². The summed E-state index contributed by atoms with van der Waals surface area (Å²) in [4.78, 5) is 4.40. The molecule has 3 aromatic rings. The Morgan fingerprint density at radius 1 is 1.10 bits per heavy atom. The summed E-state index contributed by atoms with van der Waals surface area (Å²) in [7, 11) is 0. The molecule has 5 nitrogen and oxygen atoms in total. The fraction of sp³-hybridized carbons (Fsp3) is 0.267. The molecular formula is C15H17N5. The van der Waals surface area contributed by atoms with E-state index < -0.39 is 0 Å². The van der Waals surface area contributed by atoms with Gasteiger partial charge in [-0.15, -0.1) is 10.2 Å². The van der Waals surface area contributed by atoms with Gasteiger partial charge in [0.25, 0.3) is 5.78 Å². The van der Waals surface area contributed by atoms with Gasteiger partial charge < -0.3 is 5.73 Å². The molecule has 0 aliphatic carbocycles. The standard InChI is InChI=1S/C15H17N5/c1-10-8-11(2)20-14(18-19-15(20)17-10)7-6-12-4-3-5-13(16)9-12/h3-5,8-9H,6-7,16H2,1-2H3. The summed E-state index contributed by atoms with van der Waals surface area (Å²) in [5, 5.41) is 8.40. The molecule has 5 heteroatoms. The molecule has 0 amide bonds. The molecule has 0 aliphatic heterocycles. The van der Waals surface area contributed by atoms with Crippen molar-refractivity contribution in [3.05, 3.63) is 53.1 Å². The lowest BCUT2D eigenvalue weighted by atomic mass is 10.1. The number of rotatable bonds is 3. The van der Waals surface area contributed by atoms with Crippen molar-refractivity contribution in [3.8, 4) is 0 Å². The van der Waals surface area contributed by atoms with Crippen molar-refractivity contribution in [2.75, 3.05) is 5.73 Å². The molecule has 0 atom stereocenters. The zero-order valence-corrected chi connectivity index (χ0v) is 11.7. The van der Waals surface area contributed by atoms with Crippen molar-refractivity contribution in [1.29, 1.82) is 0 Å². The number of nitrogen functional groups attached to an aromatic ring is 1. The van der Waals surface area contributed by atoms with Crippen LogP contribution in [-0.2, 0) is 12.8 Å². The second-order valence-corrected chi connectivity index (χ2v) is 5.04. The van der Waals surface area contributed by atoms with Crippen LogP contribution in [0.5, 0.6) is 0 Å². The number of anilines is 1. The van der Waals surface area contributed by atoms with E-state index in [1.165, 1.54) is 5.56 Å². The van der Waals surface area contributed by atoms with Crippen LogP contribution >= 0.6 is 0 Å². The molecule has 2 aromatic heterocycles. The van der Waals surface area contributed by atoms with Crippen molar-refractivity contribution in [3.63, 3.8) is 0 Å². The van der Waals surface area contributed by atoms with Crippen molar-refractivity contribution >= 4 is 11.5 Å². The van der Waals surface area contributed by atoms with E-state index in [4.69, 9.17) is 5.73 Å². The molecule has 0 radical (unpaired) electrons. The van der Waals surface area contributed by atoms with Gasteiger partial charge >= 0.3 is 0 Å². The van der Waals surface area contributed by atoms with E-state index in [2.05, 4.69) is 28.2 Å². The Morgan fingerprint density at radius 2 is 1.95 bits per heavy atom. The monoisotopic (exact) mass is 267 g/mol. The molecule has 2 heterocycles. The Hall–Kier alpha value is -2.43. The molecule has 0 unspecified atom stereocenters. The molecule has 0 aliphatic rings. The SMILES string of the molecule is Cc1cc(C)n2c(CCc3cccc(N)c3)nnc2n1. The first kappa shape index (κ1) is 12.6. The topological polar surface area (TPSA) is 69.1 Å². The first-order valence-electron chi connectivity index (χ1n) is 6.66. The van der Waals surface area contributed by atoms with Crippen LogP contribution in [0.25, 0.3) is 5.78 Å². The van der Waals surface area contributed by atoms with E-state index in [1.54, 1.807) is 0 Å². The predicted molar refractivity (Wildman–Crippen MR) is 78.5 cm³/mol. The van der Waals surface area contributed by atoms with E-state index in [0.29, 0.717) is 5.78 Å². The Morgan fingerprint density at radius 3 is 2.75 bits per heavy atom. The quantitative estimate of drug-likeness (QED) is 0.738. The van der Waals surface area contributed by atoms with Gasteiger partial charge in [0, 0.05) is 23.5 Å². The summed E-state index contributed by atoms with van der Waals surface area (Å²) in [5.41, 5.74) is 9.87. The van der Waals surface area contributed by atoms with Crippen LogP contribution in [0.1, 0.15) is 22.8 Å². The molecule has 102 valence electrons. The van der Waals surface area contributed by atoms with Crippen LogP contribution in [0.3, 0.4) is 0 Å². The molecule has 0 fully saturated rings. The van der Waals surface area contributed by atoms with Crippen LogP contribution in [0.15, 0.2) is 30.3 Å². The number of aryl methyl sites for hydroxylation is 4. The maximum atomic E-state index is 5.80. The maximum Gasteiger partial charge on any atom is 0.255 e. The molecule has 0 saturated carbocycles. The largest absolute Gasteiger partial charge is 0.399 e. The summed E-state index contributed by atoms with van der Waals surface area (Å²) in [6.07, 6.45) is 1.70.